The summed E-state index contributed by atoms with van der Waals surface area (Å²) in [5, 5.41) is 11.9. The summed E-state index contributed by atoms with van der Waals surface area (Å²) in [6.45, 7) is 6.01. The number of benzene rings is 1. The Morgan fingerprint density at radius 1 is 1.44 bits per heavy atom. The average molecular weight is 250 g/mol. The van der Waals surface area contributed by atoms with Crippen molar-refractivity contribution in [1.29, 1.82) is 0 Å². The van der Waals surface area contributed by atoms with Crippen LogP contribution in [0, 0.1) is 12.8 Å². The number of nitrogen functional groups attached to an aromatic ring is 1. The fraction of sp³-hybridized carbons (Fsp3) is 0.500. The third-order valence-electron chi connectivity index (χ3n) is 3.10. The number of hydrogen-bond acceptors (Lipinski definition) is 3. The van der Waals surface area contributed by atoms with Gasteiger partial charge in [0.05, 0.1) is 0 Å². The molecule has 0 aliphatic rings. The van der Waals surface area contributed by atoms with Gasteiger partial charge in [-0.1, -0.05) is 19.9 Å². The average Bonchev–Trinajstić information content (AvgIpc) is 2.31. The third-order valence-corrected chi connectivity index (χ3v) is 3.10. The van der Waals surface area contributed by atoms with Gasteiger partial charge in [-0.2, -0.15) is 0 Å². The van der Waals surface area contributed by atoms with Crippen molar-refractivity contribution in [3.05, 3.63) is 29.3 Å². The summed E-state index contributed by atoms with van der Waals surface area (Å²) in [4.78, 5) is 12.0. The van der Waals surface area contributed by atoms with Gasteiger partial charge in [-0.15, -0.1) is 0 Å². The smallest absolute Gasteiger partial charge is 0.251 e. The van der Waals surface area contributed by atoms with Crippen LogP contribution in [0.3, 0.4) is 0 Å². The second-order valence-corrected chi connectivity index (χ2v) is 4.91. The molecule has 1 aromatic carbocycles. The number of aliphatic hydroxyl groups is 1. The van der Waals surface area contributed by atoms with E-state index in [1.807, 2.05) is 26.8 Å². The number of nitrogens with one attached hydrogen (secondary N) is 1. The number of carbonyl (C=O) groups is 1. The molecular weight excluding hydrogens is 228 g/mol. The molecule has 1 aromatic rings. The van der Waals surface area contributed by atoms with Crippen molar-refractivity contribution in [2.24, 2.45) is 5.92 Å². The van der Waals surface area contributed by atoms with Crippen molar-refractivity contribution >= 4 is 11.6 Å². The zero-order valence-corrected chi connectivity index (χ0v) is 11.2. The Labute approximate surface area is 108 Å². The van der Waals surface area contributed by atoms with Gasteiger partial charge >= 0.3 is 0 Å². The number of hydrogen-bond donors (Lipinski definition) is 3. The fourth-order valence-electron chi connectivity index (χ4n) is 1.74. The maximum atomic E-state index is 12.0. The van der Waals surface area contributed by atoms with Crippen molar-refractivity contribution < 1.29 is 9.90 Å². The summed E-state index contributed by atoms with van der Waals surface area (Å²) in [6, 6.07) is 5.25. The van der Waals surface area contributed by atoms with Crippen LogP contribution < -0.4 is 11.1 Å². The molecule has 0 radical (unpaired) electrons. The lowest BCUT2D eigenvalue weighted by atomic mass is 10.0. The molecule has 0 aliphatic heterocycles. The number of anilines is 1. The maximum Gasteiger partial charge on any atom is 0.251 e. The molecule has 4 heteroatoms. The molecule has 0 saturated carbocycles. The van der Waals surface area contributed by atoms with Crippen molar-refractivity contribution in [3.8, 4) is 0 Å². The van der Waals surface area contributed by atoms with Crippen LogP contribution in [0.5, 0.6) is 0 Å². The summed E-state index contributed by atoms with van der Waals surface area (Å²) >= 11 is 0. The van der Waals surface area contributed by atoms with Crippen molar-refractivity contribution in [2.75, 3.05) is 12.3 Å². The summed E-state index contributed by atoms with van der Waals surface area (Å²) in [7, 11) is 0. The van der Waals surface area contributed by atoms with Crippen LogP contribution in [0.1, 0.15) is 36.2 Å². The van der Waals surface area contributed by atoms with Gasteiger partial charge in [0.2, 0.25) is 0 Å². The highest BCUT2D eigenvalue weighted by Gasteiger charge is 2.16. The van der Waals surface area contributed by atoms with E-state index in [-0.39, 0.29) is 24.5 Å². The van der Waals surface area contributed by atoms with Gasteiger partial charge < -0.3 is 16.2 Å². The van der Waals surface area contributed by atoms with Crippen molar-refractivity contribution in [1.82, 2.24) is 5.32 Å². The van der Waals surface area contributed by atoms with E-state index in [2.05, 4.69) is 5.32 Å². The molecule has 1 unspecified atom stereocenters. The number of amides is 1. The Balaban J connectivity index is 2.77. The van der Waals surface area contributed by atoms with Crippen LogP contribution in [0.15, 0.2) is 18.2 Å². The molecule has 0 spiro atoms. The van der Waals surface area contributed by atoms with Crippen LogP contribution >= 0.6 is 0 Å². The van der Waals surface area contributed by atoms with Crippen molar-refractivity contribution in [3.63, 3.8) is 0 Å². The molecule has 0 aliphatic carbocycles. The SMILES string of the molecule is Cc1ccc(C(=O)NC(CCO)C(C)C)cc1N. The monoisotopic (exact) mass is 250 g/mol. The van der Waals surface area contributed by atoms with Gasteiger partial charge in [-0.3, -0.25) is 4.79 Å². The first-order valence-electron chi connectivity index (χ1n) is 6.23. The first-order valence-corrected chi connectivity index (χ1v) is 6.23. The lowest BCUT2D eigenvalue weighted by molar-refractivity contribution is 0.0916. The molecule has 100 valence electrons. The molecule has 1 atom stereocenters. The predicted molar refractivity (Wildman–Crippen MR) is 73.4 cm³/mol. The maximum absolute atomic E-state index is 12.0. The highest BCUT2D eigenvalue weighted by atomic mass is 16.3. The van der Waals surface area contributed by atoms with E-state index < -0.39 is 0 Å². The van der Waals surface area contributed by atoms with E-state index in [0.29, 0.717) is 17.7 Å². The number of nitrogens with two attached hydrogens (primary N) is 1. The number of aryl methyl sites for hydroxylation is 1. The van der Waals surface area contributed by atoms with Crippen LogP contribution in [-0.2, 0) is 0 Å². The quantitative estimate of drug-likeness (QED) is 0.696. The van der Waals surface area contributed by atoms with Crippen LogP contribution in [0.25, 0.3) is 0 Å². The molecule has 1 rings (SSSR count). The van der Waals surface area contributed by atoms with E-state index in [4.69, 9.17) is 10.8 Å². The lowest BCUT2D eigenvalue weighted by Gasteiger charge is -2.21. The van der Waals surface area contributed by atoms with Crippen LogP contribution in [0.2, 0.25) is 0 Å². The summed E-state index contributed by atoms with van der Waals surface area (Å²) in [5.74, 6) is 0.137. The Hall–Kier alpha value is -1.55. The number of rotatable bonds is 5. The molecule has 1 amide bonds. The summed E-state index contributed by atoms with van der Waals surface area (Å²) in [5.41, 5.74) is 7.92. The topological polar surface area (TPSA) is 75.3 Å². The predicted octanol–water partition coefficient (Wildman–Crippen LogP) is 1.71. The first-order chi connectivity index (χ1) is 8.45. The molecule has 4 nitrogen and oxygen atoms in total. The Bertz CT molecular complexity index is 416. The number of aliphatic hydroxyl groups excluding tert-OH is 1. The number of carbonyl (C=O) groups excluding carboxylic acids is 1. The minimum Gasteiger partial charge on any atom is -0.398 e. The highest BCUT2D eigenvalue weighted by molar-refractivity contribution is 5.95. The van der Waals surface area contributed by atoms with E-state index in [9.17, 15) is 4.79 Å². The summed E-state index contributed by atoms with van der Waals surface area (Å²) < 4.78 is 0. The second kappa shape index (κ2) is 6.40. The van der Waals surface area contributed by atoms with Crippen LogP contribution in [0.4, 0.5) is 5.69 Å². The molecule has 0 aromatic heterocycles. The highest BCUT2D eigenvalue weighted by Crippen LogP contribution is 2.14. The van der Waals surface area contributed by atoms with E-state index in [0.717, 1.165) is 5.56 Å². The van der Waals surface area contributed by atoms with E-state index in [1.165, 1.54) is 0 Å². The van der Waals surface area contributed by atoms with Gasteiger partial charge in [-0.05, 0) is 37.0 Å². The largest absolute Gasteiger partial charge is 0.398 e. The molecule has 18 heavy (non-hydrogen) atoms. The zero-order chi connectivity index (χ0) is 13.7. The van der Waals surface area contributed by atoms with Gasteiger partial charge in [-0.25, -0.2) is 0 Å². The minimum atomic E-state index is -0.145. The minimum absolute atomic E-state index is 0.0231. The molecule has 0 bridgehead atoms. The Morgan fingerprint density at radius 2 is 2.11 bits per heavy atom. The van der Waals surface area contributed by atoms with Crippen LogP contribution in [-0.4, -0.2) is 23.7 Å². The van der Waals surface area contributed by atoms with E-state index >= 15 is 0 Å². The van der Waals surface area contributed by atoms with E-state index in [1.54, 1.807) is 12.1 Å². The van der Waals surface area contributed by atoms with Gasteiger partial charge in [0, 0.05) is 23.9 Å². The molecule has 0 fully saturated rings. The normalized spacial score (nSPS) is 12.5. The fourth-order valence-corrected chi connectivity index (χ4v) is 1.74. The first kappa shape index (κ1) is 14.5. The van der Waals surface area contributed by atoms with Gasteiger partial charge in [0.15, 0.2) is 0 Å². The lowest BCUT2D eigenvalue weighted by Crippen LogP contribution is -2.39. The summed E-state index contributed by atoms with van der Waals surface area (Å²) in [6.07, 6.45) is 0.560. The van der Waals surface area contributed by atoms with Gasteiger partial charge in [0.25, 0.3) is 5.91 Å². The zero-order valence-electron chi connectivity index (χ0n) is 11.2. The third kappa shape index (κ3) is 3.74. The Morgan fingerprint density at radius 3 is 2.61 bits per heavy atom. The second-order valence-electron chi connectivity index (χ2n) is 4.91. The van der Waals surface area contributed by atoms with Crippen molar-refractivity contribution in [2.45, 2.75) is 33.2 Å². The van der Waals surface area contributed by atoms with Gasteiger partial charge in [0.1, 0.15) is 0 Å². The molecule has 0 saturated heterocycles. The molecule has 4 N–H and O–H groups in total. The molecule has 0 heterocycles. The molecular formula is C14H22N2O2. The Kier molecular flexibility index (Phi) is 5.16. The standard InChI is InChI=1S/C14H22N2O2/c1-9(2)13(6-7-17)16-14(18)11-5-4-10(3)12(15)8-11/h4-5,8-9,13,17H,6-7,15H2,1-3H3,(H,16,18).